The molecule has 1 aromatic carbocycles. The standard InChI is InChI=1S/C19H22N8O/c1-12-3-2-4-14(9-12)24-17-16-15(22-11-23-17)10-21-19(26-16)25-13-5-7-27(8-6-13)18(20)28/h2-4,9-11,13H,5-8H2,1H3,(H2,20,28)(H,21,25,26)(H,22,23,24). The highest BCUT2D eigenvalue weighted by molar-refractivity contribution is 5.87. The molecule has 9 heteroatoms. The molecular formula is C19H22N8O. The van der Waals surface area contributed by atoms with Crippen LogP contribution in [0.25, 0.3) is 11.0 Å². The first-order valence-electron chi connectivity index (χ1n) is 9.21. The summed E-state index contributed by atoms with van der Waals surface area (Å²) in [5, 5.41) is 6.66. The zero-order valence-electron chi connectivity index (χ0n) is 15.6. The van der Waals surface area contributed by atoms with Gasteiger partial charge in [0, 0.05) is 24.8 Å². The van der Waals surface area contributed by atoms with E-state index < -0.39 is 0 Å². The fraction of sp³-hybridized carbons (Fsp3) is 0.316. The molecule has 1 fully saturated rings. The van der Waals surface area contributed by atoms with Gasteiger partial charge in [-0.2, -0.15) is 0 Å². The Bertz CT molecular complexity index is 1000. The molecule has 0 radical (unpaired) electrons. The number of aromatic nitrogens is 4. The molecule has 28 heavy (non-hydrogen) atoms. The summed E-state index contributed by atoms with van der Waals surface area (Å²) in [5.41, 5.74) is 8.75. The third-order valence-corrected chi connectivity index (χ3v) is 4.80. The van der Waals surface area contributed by atoms with Crippen LogP contribution in [0.4, 0.5) is 22.2 Å². The second-order valence-electron chi connectivity index (χ2n) is 6.89. The lowest BCUT2D eigenvalue weighted by Crippen LogP contribution is -2.44. The predicted molar refractivity (Wildman–Crippen MR) is 107 cm³/mol. The summed E-state index contributed by atoms with van der Waals surface area (Å²) in [6.45, 7) is 3.30. The number of fused-ring (bicyclic) bond motifs is 1. The molecule has 0 saturated carbocycles. The second-order valence-corrected chi connectivity index (χ2v) is 6.89. The van der Waals surface area contributed by atoms with Gasteiger partial charge in [-0.05, 0) is 37.5 Å². The van der Waals surface area contributed by atoms with E-state index in [2.05, 4.69) is 30.6 Å². The quantitative estimate of drug-likeness (QED) is 0.637. The number of carbonyl (C=O) groups excluding carboxylic acids is 1. The summed E-state index contributed by atoms with van der Waals surface area (Å²) < 4.78 is 0. The monoisotopic (exact) mass is 378 g/mol. The Morgan fingerprint density at radius 2 is 2.04 bits per heavy atom. The Morgan fingerprint density at radius 3 is 2.79 bits per heavy atom. The van der Waals surface area contributed by atoms with E-state index in [1.807, 2.05) is 31.2 Å². The van der Waals surface area contributed by atoms with E-state index in [1.54, 1.807) is 11.1 Å². The molecule has 2 amide bonds. The highest BCUT2D eigenvalue weighted by Crippen LogP contribution is 2.23. The van der Waals surface area contributed by atoms with Gasteiger partial charge < -0.3 is 21.3 Å². The van der Waals surface area contributed by atoms with E-state index in [4.69, 9.17) is 5.73 Å². The summed E-state index contributed by atoms with van der Waals surface area (Å²) in [6.07, 6.45) is 4.77. The van der Waals surface area contributed by atoms with Crippen LogP contribution in [-0.2, 0) is 0 Å². The molecule has 3 aromatic rings. The predicted octanol–water partition coefficient (Wildman–Crippen LogP) is 2.43. The van der Waals surface area contributed by atoms with Crippen molar-refractivity contribution in [1.29, 1.82) is 0 Å². The Hall–Kier alpha value is -3.49. The van der Waals surface area contributed by atoms with Gasteiger partial charge in [-0.25, -0.2) is 24.7 Å². The minimum atomic E-state index is -0.371. The summed E-state index contributed by atoms with van der Waals surface area (Å²) >= 11 is 0. The van der Waals surface area contributed by atoms with Crippen molar-refractivity contribution in [1.82, 2.24) is 24.8 Å². The Labute approximate surface area is 162 Å². The van der Waals surface area contributed by atoms with Crippen molar-refractivity contribution < 1.29 is 4.79 Å². The molecule has 9 nitrogen and oxygen atoms in total. The van der Waals surface area contributed by atoms with E-state index in [9.17, 15) is 4.79 Å². The molecule has 0 unspecified atom stereocenters. The molecular weight excluding hydrogens is 356 g/mol. The van der Waals surface area contributed by atoms with Crippen molar-refractivity contribution in [2.75, 3.05) is 23.7 Å². The molecule has 3 heterocycles. The number of piperidine rings is 1. The van der Waals surface area contributed by atoms with Gasteiger partial charge >= 0.3 is 6.03 Å². The maximum absolute atomic E-state index is 11.3. The van der Waals surface area contributed by atoms with Crippen LogP contribution in [0, 0.1) is 6.92 Å². The molecule has 0 bridgehead atoms. The van der Waals surface area contributed by atoms with Crippen molar-refractivity contribution in [3.05, 3.63) is 42.4 Å². The summed E-state index contributed by atoms with van der Waals surface area (Å²) in [7, 11) is 0. The molecule has 4 N–H and O–H groups in total. The number of likely N-dealkylation sites (tertiary alicyclic amines) is 1. The maximum atomic E-state index is 11.3. The van der Waals surface area contributed by atoms with Gasteiger partial charge in [0.2, 0.25) is 5.95 Å². The van der Waals surface area contributed by atoms with Crippen LogP contribution in [0.15, 0.2) is 36.8 Å². The molecule has 1 saturated heterocycles. The van der Waals surface area contributed by atoms with Gasteiger partial charge in [0.15, 0.2) is 5.82 Å². The average Bonchev–Trinajstić information content (AvgIpc) is 2.69. The number of anilines is 3. The number of carbonyl (C=O) groups is 1. The number of rotatable bonds is 4. The first-order valence-corrected chi connectivity index (χ1v) is 9.21. The minimum absolute atomic E-state index is 0.186. The highest BCUT2D eigenvalue weighted by Gasteiger charge is 2.22. The third-order valence-electron chi connectivity index (χ3n) is 4.80. The number of nitrogens with zero attached hydrogens (tertiary/aromatic N) is 5. The summed E-state index contributed by atoms with van der Waals surface area (Å²) in [5.74, 6) is 1.15. The van der Waals surface area contributed by atoms with E-state index in [0.717, 1.165) is 24.1 Å². The normalized spacial score (nSPS) is 14.8. The molecule has 2 aromatic heterocycles. The molecule has 4 rings (SSSR count). The first kappa shape index (κ1) is 17.9. The van der Waals surface area contributed by atoms with Crippen molar-refractivity contribution in [3.8, 4) is 0 Å². The Morgan fingerprint density at radius 1 is 1.21 bits per heavy atom. The molecule has 0 spiro atoms. The first-order chi connectivity index (χ1) is 13.6. The van der Waals surface area contributed by atoms with Crippen LogP contribution in [-0.4, -0.2) is 50.0 Å². The molecule has 1 aliphatic rings. The fourth-order valence-corrected chi connectivity index (χ4v) is 3.30. The van der Waals surface area contributed by atoms with Crippen LogP contribution in [0.3, 0.4) is 0 Å². The van der Waals surface area contributed by atoms with Crippen LogP contribution in [0.5, 0.6) is 0 Å². The van der Waals surface area contributed by atoms with E-state index in [-0.39, 0.29) is 12.1 Å². The molecule has 1 aliphatic heterocycles. The number of amides is 2. The number of hydrogen-bond acceptors (Lipinski definition) is 7. The van der Waals surface area contributed by atoms with Crippen LogP contribution in [0.2, 0.25) is 0 Å². The molecule has 0 aliphatic carbocycles. The maximum Gasteiger partial charge on any atom is 0.314 e. The van der Waals surface area contributed by atoms with Crippen LogP contribution >= 0.6 is 0 Å². The third kappa shape index (κ3) is 3.93. The van der Waals surface area contributed by atoms with E-state index >= 15 is 0 Å². The lowest BCUT2D eigenvalue weighted by Gasteiger charge is -2.31. The Balaban J connectivity index is 1.54. The topological polar surface area (TPSA) is 122 Å². The van der Waals surface area contributed by atoms with Crippen LogP contribution < -0.4 is 16.4 Å². The van der Waals surface area contributed by atoms with E-state index in [0.29, 0.717) is 35.9 Å². The Kier molecular flexibility index (Phi) is 4.88. The number of urea groups is 1. The van der Waals surface area contributed by atoms with Gasteiger partial charge in [-0.15, -0.1) is 0 Å². The number of benzene rings is 1. The number of primary amides is 1. The van der Waals surface area contributed by atoms with Gasteiger partial charge in [0.1, 0.15) is 17.4 Å². The number of nitrogens with two attached hydrogens (primary N) is 1. The van der Waals surface area contributed by atoms with Gasteiger partial charge in [0.05, 0.1) is 6.20 Å². The van der Waals surface area contributed by atoms with Gasteiger partial charge in [0.25, 0.3) is 0 Å². The van der Waals surface area contributed by atoms with Crippen LogP contribution in [0.1, 0.15) is 18.4 Å². The van der Waals surface area contributed by atoms with Crippen molar-refractivity contribution in [3.63, 3.8) is 0 Å². The lowest BCUT2D eigenvalue weighted by molar-refractivity contribution is 0.193. The zero-order chi connectivity index (χ0) is 19.5. The van der Waals surface area contributed by atoms with Gasteiger partial charge in [-0.3, -0.25) is 0 Å². The summed E-state index contributed by atoms with van der Waals surface area (Å²) in [6, 6.07) is 7.86. The van der Waals surface area contributed by atoms with Gasteiger partial charge in [-0.1, -0.05) is 12.1 Å². The number of aryl methyl sites for hydroxylation is 1. The number of hydrogen-bond donors (Lipinski definition) is 3. The zero-order valence-corrected chi connectivity index (χ0v) is 15.6. The smallest absolute Gasteiger partial charge is 0.314 e. The lowest BCUT2D eigenvalue weighted by atomic mass is 10.1. The largest absolute Gasteiger partial charge is 0.351 e. The minimum Gasteiger partial charge on any atom is -0.351 e. The number of nitrogens with one attached hydrogen (secondary N) is 2. The fourth-order valence-electron chi connectivity index (χ4n) is 3.30. The van der Waals surface area contributed by atoms with E-state index in [1.165, 1.54) is 6.33 Å². The average molecular weight is 378 g/mol. The van der Waals surface area contributed by atoms with Crippen molar-refractivity contribution in [2.45, 2.75) is 25.8 Å². The molecule has 144 valence electrons. The van der Waals surface area contributed by atoms with Crippen molar-refractivity contribution >= 4 is 34.5 Å². The molecule has 0 atom stereocenters. The SMILES string of the molecule is Cc1cccc(Nc2ncnc3cnc(NC4CCN(C(N)=O)CC4)nc23)c1. The second kappa shape index (κ2) is 7.63. The highest BCUT2D eigenvalue weighted by atomic mass is 16.2. The summed E-state index contributed by atoms with van der Waals surface area (Å²) in [4.78, 5) is 30.5. The van der Waals surface area contributed by atoms with Crippen molar-refractivity contribution in [2.24, 2.45) is 5.73 Å².